The molecule has 2 radical (unpaired) electrons. The van der Waals surface area contributed by atoms with Crippen LogP contribution in [0.5, 0.6) is 0 Å². The van der Waals surface area contributed by atoms with Crippen molar-refractivity contribution in [2.24, 2.45) is 5.73 Å². The van der Waals surface area contributed by atoms with Gasteiger partial charge in [-0.2, -0.15) is 0 Å². The molecular weight excluding hydrogens is 147 g/mol. The van der Waals surface area contributed by atoms with E-state index >= 15 is 0 Å². The SMILES string of the molecule is CN.[B]C1=CC(=C)C(=N)C(C)=C1. The van der Waals surface area contributed by atoms with Gasteiger partial charge in [0.2, 0.25) is 0 Å². The minimum absolute atomic E-state index is 0.481. The van der Waals surface area contributed by atoms with E-state index in [0.717, 1.165) is 5.57 Å². The highest BCUT2D eigenvalue weighted by Gasteiger charge is 2.06. The van der Waals surface area contributed by atoms with Crippen molar-refractivity contribution in [2.75, 3.05) is 7.05 Å². The van der Waals surface area contributed by atoms with Gasteiger partial charge in [0.25, 0.3) is 0 Å². The Balaban J connectivity index is 0.000000561. The molecule has 1 aliphatic rings. The predicted molar refractivity (Wildman–Crippen MR) is 54.6 cm³/mol. The summed E-state index contributed by atoms with van der Waals surface area (Å²) in [5, 5.41) is 7.42. The first-order valence-corrected chi connectivity index (χ1v) is 3.62. The third-order valence-corrected chi connectivity index (χ3v) is 1.44. The maximum atomic E-state index is 7.42. The average molecular weight is 160 g/mol. The highest BCUT2D eigenvalue weighted by atomic mass is 14.4. The molecule has 0 aromatic carbocycles. The summed E-state index contributed by atoms with van der Waals surface area (Å²) in [5.41, 5.74) is 7.23. The molecule has 0 aromatic heterocycles. The molecule has 12 heavy (non-hydrogen) atoms. The topological polar surface area (TPSA) is 49.9 Å². The molecule has 0 unspecified atom stereocenters. The molecule has 0 spiro atoms. The Bertz CT molecular complexity index is 259. The molecular formula is C9H13BN2. The summed E-state index contributed by atoms with van der Waals surface area (Å²) in [6, 6.07) is 0. The Labute approximate surface area is 74.8 Å². The minimum Gasteiger partial charge on any atom is -0.333 e. The fourth-order valence-electron chi connectivity index (χ4n) is 0.890. The number of nitrogens with two attached hydrogens (primary N) is 1. The minimum atomic E-state index is 0.481. The Morgan fingerprint density at radius 3 is 2.33 bits per heavy atom. The molecule has 3 heteroatoms. The van der Waals surface area contributed by atoms with Gasteiger partial charge in [-0.3, -0.25) is 0 Å². The summed E-state index contributed by atoms with van der Waals surface area (Å²) in [5.74, 6) is 0. The van der Waals surface area contributed by atoms with Crippen molar-refractivity contribution >= 4 is 13.6 Å². The van der Waals surface area contributed by atoms with E-state index in [1.54, 1.807) is 12.2 Å². The second-order valence-corrected chi connectivity index (χ2v) is 2.37. The second kappa shape index (κ2) is 4.72. The fourth-order valence-corrected chi connectivity index (χ4v) is 0.890. The number of hydrogen-bond acceptors (Lipinski definition) is 2. The Morgan fingerprint density at radius 2 is 1.92 bits per heavy atom. The Hall–Kier alpha value is -1.09. The highest BCUT2D eigenvalue weighted by molar-refractivity contribution is 6.27. The summed E-state index contributed by atoms with van der Waals surface area (Å²) in [7, 11) is 7.00. The predicted octanol–water partition coefficient (Wildman–Crippen LogP) is 1.15. The van der Waals surface area contributed by atoms with Gasteiger partial charge in [0, 0.05) is 0 Å². The van der Waals surface area contributed by atoms with E-state index in [4.69, 9.17) is 13.3 Å². The summed E-state index contributed by atoms with van der Waals surface area (Å²) in [6.45, 7) is 5.53. The highest BCUT2D eigenvalue weighted by Crippen LogP contribution is 2.14. The van der Waals surface area contributed by atoms with E-state index in [1.165, 1.54) is 7.05 Å². The van der Waals surface area contributed by atoms with Gasteiger partial charge in [-0.05, 0) is 25.1 Å². The molecule has 1 aliphatic carbocycles. The van der Waals surface area contributed by atoms with Crippen molar-refractivity contribution in [1.29, 1.82) is 5.41 Å². The number of nitrogens with one attached hydrogen (secondary N) is 1. The molecule has 3 N–H and O–H groups in total. The molecule has 0 amide bonds. The zero-order valence-corrected chi connectivity index (χ0v) is 7.52. The van der Waals surface area contributed by atoms with Crippen molar-refractivity contribution in [2.45, 2.75) is 6.92 Å². The van der Waals surface area contributed by atoms with Crippen molar-refractivity contribution in [3.8, 4) is 0 Å². The average Bonchev–Trinajstić information content (AvgIpc) is 2.04. The molecule has 1 rings (SSSR count). The number of allylic oxidation sites excluding steroid dienone is 5. The van der Waals surface area contributed by atoms with Crippen LogP contribution in [0.4, 0.5) is 0 Å². The molecule has 0 atom stereocenters. The van der Waals surface area contributed by atoms with Gasteiger partial charge in [-0.1, -0.05) is 24.2 Å². The zero-order valence-electron chi connectivity index (χ0n) is 7.52. The second-order valence-electron chi connectivity index (χ2n) is 2.37. The number of hydrogen-bond donors (Lipinski definition) is 2. The van der Waals surface area contributed by atoms with Crippen LogP contribution < -0.4 is 5.73 Å². The molecule has 0 aliphatic heterocycles. The van der Waals surface area contributed by atoms with E-state index in [0.29, 0.717) is 16.8 Å². The zero-order chi connectivity index (χ0) is 9.72. The molecule has 0 saturated heterocycles. The van der Waals surface area contributed by atoms with Gasteiger partial charge >= 0.3 is 0 Å². The smallest absolute Gasteiger partial charge is 0.113 e. The monoisotopic (exact) mass is 160 g/mol. The summed E-state index contributed by atoms with van der Waals surface area (Å²) in [4.78, 5) is 0. The molecule has 0 heterocycles. The van der Waals surface area contributed by atoms with Crippen LogP contribution in [0.25, 0.3) is 0 Å². The summed E-state index contributed by atoms with van der Waals surface area (Å²) < 4.78 is 0. The van der Waals surface area contributed by atoms with Crippen LogP contribution in [-0.2, 0) is 0 Å². The van der Waals surface area contributed by atoms with E-state index in [-0.39, 0.29) is 0 Å². The van der Waals surface area contributed by atoms with Gasteiger partial charge in [-0.25, -0.2) is 0 Å². The van der Waals surface area contributed by atoms with Crippen molar-refractivity contribution in [3.63, 3.8) is 0 Å². The first-order chi connectivity index (χ1) is 5.61. The standard InChI is InChI=1S/C8H8BN.CH5N/c1-5-3-7(9)4-6(2)8(5)10;1-2/h3-4,10H,1H2,2H3;2H2,1H3. The van der Waals surface area contributed by atoms with E-state index in [9.17, 15) is 0 Å². The van der Waals surface area contributed by atoms with Gasteiger partial charge in [0.1, 0.15) is 7.85 Å². The van der Waals surface area contributed by atoms with Crippen LogP contribution in [0, 0.1) is 5.41 Å². The molecule has 2 nitrogen and oxygen atoms in total. The van der Waals surface area contributed by atoms with Crippen LogP contribution in [0.1, 0.15) is 6.92 Å². The number of rotatable bonds is 0. The molecule has 0 saturated carbocycles. The van der Waals surface area contributed by atoms with Gasteiger partial charge in [0.05, 0.1) is 5.71 Å². The third kappa shape index (κ3) is 2.51. The maximum Gasteiger partial charge on any atom is 0.113 e. The summed E-state index contributed by atoms with van der Waals surface area (Å²) >= 11 is 0. The van der Waals surface area contributed by atoms with Crippen LogP contribution in [0.2, 0.25) is 0 Å². The van der Waals surface area contributed by atoms with E-state index in [2.05, 4.69) is 12.3 Å². The quantitative estimate of drug-likeness (QED) is 0.513. The van der Waals surface area contributed by atoms with Crippen molar-refractivity contribution in [3.05, 3.63) is 35.3 Å². The van der Waals surface area contributed by atoms with Crippen LogP contribution in [0.3, 0.4) is 0 Å². The molecule has 62 valence electrons. The van der Waals surface area contributed by atoms with E-state index in [1.807, 2.05) is 6.92 Å². The van der Waals surface area contributed by atoms with Crippen molar-refractivity contribution in [1.82, 2.24) is 0 Å². The maximum absolute atomic E-state index is 7.42. The van der Waals surface area contributed by atoms with Crippen LogP contribution >= 0.6 is 0 Å². The normalized spacial score (nSPS) is 15.9. The molecule has 0 aromatic rings. The lowest BCUT2D eigenvalue weighted by molar-refractivity contribution is 1.41. The van der Waals surface area contributed by atoms with Crippen LogP contribution in [0.15, 0.2) is 35.3 Å². The third-order valence-electron chi connectivity index (χ3n) is 1.44. The molecule has 0 fully saturated rings. The molecule has 0 bridgehead atoms. The lowest BCUT2D eigenvalue weighted by Crippen LogP contribution is -2.05. The Morgan fingerprint density at radius 1 is 1.42 bits per heavy atom. The summed E-state index contributed by atoms with van der Waals surface area (Å²) in [6.07, 6.45) is 3.48. The fraction of sp³-hybridized carbons (Fsp3) is 0.222. The lowest BCUT2D eigenvalue weighted by Gasteiger charge is -2.10. The first-order valence-electron chi connectivity index (χ1n) is 3.62. The van der Waals surface area contributed by atoms with Gasteiger partial charge < -0.3 is 11.1 Å². The van der Waals surface area contributed by atoms with Gasteiger partial charge in [0.15, 0.2) is 0 Å². The first kappa shape index (κ1) is 10.9. The van der Waals surface area contributed by atoms with Crippen LogP contribution in [-0.4, -0.2) is 20.6 Å². The van der Waals surface area contributed by atoms with E-state index < -0.39 is 0 Å². The van der Waals surface area contributed by atoms with Crippen molar-refractivity contribution < 1.29 is 0 Å². The van der Waals surface area contributed by atoms with Gasteiger partial charge in [-0.15, -0.1) is 0 Å². The Kier molecular flexibility index (Phi) is 4.30. The lowest BCUT2D eigenvalue weighted by atomic mass is 9.85. The largest absolute Gasteiger partial charge is 0.333 e.